The van der Waals surface area contributed by atoms with Crippen molar-refractivity contribution in [1.82, 2.24) is 0 Å². The van der Waals surface area contributed by atoms with E-state index in [0.717, 1.165) is 18.0 Å². The fourth-order valence-corrected chi connectivity index (χ4v) is 3.59. The molecule has 0 radical (unpaired) electrons. The van der Waals surface area contributed by atoms with Gasteiger partial charge in [-0.25, -0.2) is 0 Å². The van der Waals surface area contributed by atoms with E-state index in [1.165, 1.54) is 21.2 Å². The lowest BCUT2D eigenvalue weighted by molar-refractivity contribution is 1.03. The summed E-state index contributed by atoms with van der Waals surface area (Å²) in [6.07, 6.45) is 5.48. The van der Waals surface area contributed by atoms with Gasteiger partial charge in [0.25, 0.3) is 0 Å². The van der Waals surface area contributed by atoms with Crippen molar-refractivity contribution < 1.29 is 0 Å². The van der Waals surface area contributed by atoms with Gasteiger partial charge in [0.05, 0.1) is 11.4 Å². The van der Waals surface area contributed by atoms with Crippen LogP contribution in [0.2, 0.25) is 5.02 Å². The van der Waals surface area contributed by atoms with Gasteiger partial charge in [-0.3, -0.25) is 0 Å². The van der Waals surface area contributed by atoms with Gasteiger partial charge in [0.2, 0.25) is 0 Å². The summed E-state index contributed by atoms with van der Waals surface area (Å²) in [7, 11) is 0. The summed E-state index contributed by atoms with van der Waals surface area (Å²) in [6, 6.07) is 14.6. The molecule has 3 heteroatoms. The average molecular weight is 302 g/mol. The molecular formula is C17H16ClNS. The van der Waals surface area contributed by atoms with Crippen molar-refractivity contribution >= 4 is 34.7 Å². The van der Waals surface area contributed by atoms with E-state index in [-0.39, 0.29) is 0 Å². The molecule has 1 aliphatic heterocycles. The van der Waals surface area contributed by atoms with Crippen LogP contribution in [0.3, 0.4) is 0 Å². The van der Waals surface area contributed by atoms with Crippen LogP contribution in [0, 0.1) is 0 Å². The van der Waals surface area contributed by atoms with E-state index < -0.39 is 0 Å². The number of fused-ring (bicyclic) bond motifs is 2. The molecule has 0 amide bonds. The van der Waals surface area contributed by atoms with Crippen molar-refractivity contribution in [3.05, 3.63) is 59.6 Å². The summed E-state index contributed by atoms with van der Waals surface area (Å²) in [5.41, 5.74) is 2.45. The molecule has 1 heterocycles. The normalized spacial score (nSPS) is 13.4. The number of anilines is 2. The van der Waals surface area contributed by atoms with Crippen molar-refractivity contribution in [1.29, 1.82) is 0 Å². The second kappa shape index (κ2) is 5.94. The number of rotatable bonds is 3. The molecule has 3 rings (SSSR count). The van der Waals surface area contributed by atoms with Crippen LogP contribution in [0.5, 0.6) is 0 Å². The van der Waals surface area contributed by atoms with E-state index >= 15 is 0 Å². The Kier molecular flexibility index (Phi) is 4.04. The van der Waals surface area contributed by atoms with E-state index in [1.54, 1.807) is 0 Å². The molecule has 0 bridgehead atoms. The molecule has 2 aromatic rings. The first kappa shape index (κ1) is 13.6. The highest BCUT2D eigenvalue weighted by atomic mass is 35.5. The summed E-state index contributed by atoms with van der Waals surface area (Å²) in [5, 5.41) is 0.785. The van der Waals surface area contributed by atoms with Gasteiger partial charge >= 0.3 is 0 Å². The summed E-state index contributed by atoms with van der Waals surface area (Å²) < 4.78 is 0. The monoisotopic (exact) mass is 301 g/mol. The van der Waals surface area contributed by atoms with Gasteiger partial charge in [-0.05, 0) is 36.8 Å². The molecule has 102 valence electrons. The lowest BCUT2D eigenvalue weighted by atomic mass is 10.2. The molecule has 0 fully saturated rings. The molecule has 0 saturated carbocycles. The van der Waals surface area contributed by atoms with E-state index in [9.17, 15) is 0 Å². The van der Waals surface area contributed by atoms with Crippen LogP contribution in [0.1, 0.15) is 13.3 Å². The maximum absolute atomic E-state index is 6.18. The predicted molar refractivity (Wildman–Crippen MR) is 88.5 cm³/mol. The third-order valence-corrected chi connectivity index (χ3v) is 4.64. The van der Waals surface area contributed by atoms with Crippen molar-refractivity contribution in [2.45, 2.75) is 23.1 Å². The number of hydrogen-bond acceptors (Lipinski definition) is 2. The number of para-hydroxylation sites is 1. The highest BCUT2D eigenvalue weighted by Crippen LogP contribution is 2.48. The van der Waals surface area contributed by atoms with Crippen molar-refractivity contribution in [2.75, 3.05) is 11.4 Å². The molecule has 20 heavy (non-hydrogen) atoms. The Morgan fingerprint density at radius 3 is 2.70 bits per heavy atom. The maximum atomic E-state index is 6.18. The summed E-state index contributed by atoms with van der Waals surface area (Å²) in [5.74, 6) is 0. The predicted octanol–water partition coefficient (Wildman–Crippen LogP) is 5.91. The highest BCUT2D eigenvalue weighted by Gasteiger charge is 2.22. The van der Waals surface area contributed by atoms with Gasteiger partial charge < -0.3 is 4.90 Å². The lowest BCUT2D eigenvalue weighted by Crippen LogP contribution is -2.20. The van der Waals surface area contributed by atoms with E-state index in [4.69, 9.17) is 11.6 Å². The topological polar surface area (TPSA) is 3.24 Å². The van der Waals surface area contributed by atoms with Crippen LogP contribution in [0.4, 0.5) is 11.4 Å². The summed E-state index contributed by atoms with van der Waals surface area (Å²) >= 11 is 7.99. The summed E-state index contributed by atoms with van der Waals surface area (Å²) in [6.45, 7) is 3.03. The Bertz CT molecular complexity index is 651. The zero-order valence-corrected chi connectivity index (χ0v) is 12.9. The molecular weight excluding hydrogens is 286 g/mol. The number of hydrogen-bond donors (Lipinski definition) is 0. The fraction of sp³-hybridized carbons (Fsp3) is 0.176. The van der Waals surface area contributed by atoms with Gasteiger partial charge in [-0.1, -0.05) is 54.6 Å². The van der Waals surface area contributed by atoms with Crippen LogP contribution in [-0.2, 0) is 0 Å². The SMILES string of the molecule is CCC=CCN1c2ccccc2Sc2ccc(Cl)cc21. The van der Waals surface area contributed by atoms with Crippen LogP contribution in [0.25, 0.3) is 0 Å². The van der Waals surface area contributed by atoms with Crippen LogP contribution in [-0.4, -0.2) is 6.54 Å². The Morgan fingerprint density at radius 1 is 1.05 bits per heavy atom. The fourth-order valence-electron chi connectivity index (χ4n) is 2.35. The minimum absolute atomic E-state index is 0.785. The third kappa shape index (κ3) is 2.58. The Balaban J connectivity index is 2.06. The molecule has 1 nitrogen and oxygen atoms in total. The number of halogens is 1. The van der Waals surface area contributed by atoms with E-state index in [1.807, 2.05) is 17.8 Å². The third-order valence-electron chi connectivity index (χ3n) is 3.28. The molecule has 2 aromatic carbocycles. The molecule has 0 N–H and O–H groups in total. The van der Waals surface area contributed by atoms with Crippen LogP contribution >= 0.6 is 23.4 Å². The van der Waals surface area contributed by atoms with Gasteiger partial charge in [0.15, 0.2) is 0 Å². The zero-order valence-electron chi connectivity index (χ0n) is 11.3. The minimum atomic E-state index is 0.785. The van der Waals surface area contributed by atoms with E-state index in [2.05, 4.69) is 60.4 Å². The number of benzene rings is 2. The summed E-state index contributed by atoms with van der Waals surface area (Å²) in [4.78, 5) is 4.89. The van der Waals surface area contributed by atoms with E-state index in [0.29, 0.717) is 0 Å². The largest absolute Gasteiger partial charge is 0.336 e. The average Bonchev–Trinajstić information content (AvgIpc) is 2.47. The molecule has 0 atom stereocenters. The van der Waals surface area contributed by atoms with Crippen LogP contribution < -0.4 is 4.90 Å². The Labute approximate surface area is 129 Å². The molecule has 0 unspecified atom stereocenters. The zero-order chi connectivity index (χ0) is 13.9. The maximum Gasteiger partial charge on any atom is 0.0570 e. The first-order valence-corrected chi connectivity index (χ1v) is 7.98. The van der Waals surface area contributed by atoms with Gasteiger partial charge in [0, 0.05) is 21.4 Å². The molecule has 0 aromatic heterocycles. The molecule has 0 spiro atoms. The molecule has 0 aliphatic carbocycles. The second-order valence-corrected chi connectivity index (χ2v) is 6.19. The number of allylic oxidation sites excluding steroid dienone is 1. The smallest absolute Gasteiger partial charge is 0.0570 e. The van der Waals surface area contributed by atoms with Crippen LogP contribution in [0.15, 0.2) is 64.4 Å². The quantitative estimate of drug-likeness (QED) is 0.648. The first-order valence-electron chi connectivity index (χ1n) is 6.78. The lowest BCUT2D eigenvalue weighted by Gasteiger charge is -2.32. The first-order chi connectivity index (χ1) is 9.79. The Morgan fingerprint density at radius 2 is 1.85 bits per heavy atom. The second-order valence-electron chi connectivity index (χ2n) is 4.67. The Hall–Kier alpha value is -1.38. The van der Waals surface area contributed by atoms with Crippen molar-refractivity contribution in [3.63, 3.8) is 0 Å². The standard InChI is InChI=1S/C17H16ClNS/c1-2-3-6-11-19-14-7-4-5-8-16(14)20-17-10-9-13(18)12-15(17)19/h3-10,12H,2,11H2,1H3. The number of nitrogens with zero attached hydrogens (tertiary/aromatic N) is 1. The highest BCUT2D eigenvalue weighted by molar-refractivity contribution is 7.99. The molecule has 0 saturated heterocycles. The van der Waals surface area contributed by atoms with Gasteiger partial charge in [-0.2, -0.15) is 0 Å². The van der Waals surface area contributed by atoms with Crippen molar-refractivity contribution in [3.8, 4) is 0 Å². The molecule has 1 aliphatic rings. The van der Waals surface area contributed by atoms with Gasteiger partial charge in [-0.15, -0.1) is 0 Å². The minimum Gasteiger partial charge on any atom is -0.336 e. The van der Waals surface area contributed by atoms with Gasteiger partial charge in [0.1, 0.15) is 0 Å². The van der Waals surface area contributed by atoms with Crippen molar-refractivity contribution in [2.24, 2.45) is 0 Å².